The molecule has 44 heavy (non-hydrogen) atoms. The van der Waals surface area contributed by atoms with Gasteiger partial charge in [0.1, 0.15) is 20.6 Å². The summed E-state index contributed by atoms with van der Waals surface area (Å²) in [7, 11) is 6.35. The minimum Gasteiger partial charge on any atom is -0.459 e. The van der Waals surface area contributed by atoms with Crippen molar-refractivity contribution < 1.29 is 42.9 Å². The van der Waals surface area contributed by atoms with Gasteiger partial charge in [0.05, 0.1) is 28.3 Å². The number of hydrogen-bond acceptors (Lipinski definition) is 9. The first kappa shape index (κ1) is 30.2. The Morgan fingerprint density at radius 3 is 1.25 bits per heavy atom. The molecule has 0 spiro atoms. The number of carbonyl (C=O) groups excluding carboxylic acids is 4. The van der Waals surface area contributed by atoms with Crippen LogP contribution < -0.4 is 0 Å². The van der Waals surface area contributed by atoms with E-state index in [1.165, 1.54) is 12.1 Å². The van der Waals surface area contributed by atoms with Crippen molar-refractivity contribution in [2.45, 2.75) is 30.4 Å². The molecule has 1 heterocycles. The fourth-order valence-corrected chi connectivity index (χ4v) is 4.60. The third-order valence-electron chi connectivity index (χ3n) is 6.82. The summed E-state index contributed by atoms with van der Waals surface area (Å²) in [5, 5.41) is 0. The molecule has 4 aromatic rings. The van der Waals surface area contributed by atoms with Crippen LogP contribution in [-0.4, -0.2) is 68.7 Å². The molecule has 0 aliphatic carbocycles. The first-order valence-electron chi connectivity index (χ1n) is 13.8. The smallest absolute Gasteiger partial charge is 0.338 e. The lowest BCUT2D eigenvalue weighted by Crippen LogP contribution is -2.62. The van der Waals surface area contributed by atoms with Gasteiger partial charge in [0.25, 0.3) is 0 Å². The Balaban J connectivity index is 1.48. The summed E-state index contributed by atoms with van der Waals surface area (Å²) in [6, 6.07) is 31.3. The summed E-state index contributed by atoms with van der Waals surface area (Å²) in [6.45, 7) is -0.424. The molecule has 0 aromatic heterocycles. The molecule has 5 rings (SSSR count). The van der Waals surface area contributed by atoms with E-state index in [1.54, 1.807) is 109 Å². The highest BCUT2D eigenvalue weighted by atomic mass is 16.7. The quantitative estimate of drug-likeness (QED) is 0.159. The highest BCUT2D eigenvalue weighted by Gasteiger charge is 2.51. The second-order valence-corrected chi connectivity index (χ2v) is 9.81. The van der Waals surface area contributed by atoms with Crippen molar-refractivity contribution in [1.29, 1.82) is 0 Å². The van der Waals surface area contributed by atoms with Gasteiger partial charge in [-0.15, -0.1) is 0 Å². The average molecular weight is 590 g/mol. The normalized spacial score (nSPS) is 21.0. The molecule has 0 unspecified atom stereocenters. The monoisotopic (exact) mass is 590 g/mol. The maximum Gasteiger partial charge on any atom is 0.338 e. The Labute approximate surface area is 255 Å². The van der Waals surface area contributed by atoms with Gasteiger partial charge in [0.2, 0.25) is 0 Å². The van der Waals surface area contributed by atoms with Gasteiger partial charge in [-0.2, -0.15) is 0 Å². The summed E-state index contributed by atoms with van der Waals surface area (Å²) >= 11 is 0. The Morgan fingerprint density at radius 2 is 0.841 bits per heavy atom. The van der Waals surface area contributed by atoms with Crippen molar-refractivity contribution in [3.05, 3.63) is 144 Å². The van der Waals surface area contributed by atoms with Gasteiger partial charge in [-0.1, -0.05) is 72.8 Å². The number of ether oxygens (including phenoxy) is 5. The molecule has 5 atom stereocenters. The van der Waals surface area contributed by atoms with Crippen LogP contribution in [0.15, 0.2) is 121 Å². The van der Waals surface area contributed by atoms with E-state index in [4.69, 9.17) is 31.5 Å². The Bertz CT molecular complexity index is 1570. The van der Waals surface area contributed by atoms with Crippen LogP contribution in [0.2, 0.25) is 0 Å². The van der Waals surface area contributed by atoms with Crippen molar-refractivity contribution in [3.8, 4) is 0 Å². The third-order valence-corrected chi connectivity index (χ3v) is 6.82. The summed E-state index contributed by atoms with van der Waals surface area (Å²) in [5.74, 6) is -2.99. The lowest BCUT2D eigenvalue weighted by atomic mass is 9.84. The lowest BCUT2D eigenvalue weighted by Gasteiger charge is -2.44. The van der Waals surface area contributed by atoms with Crippen molar-refractivity contribution in [3.63, 3.8) is 0 Å². The maximum absolute atomic E-state index is 13.3. The summed E-state index contributed by atoms with van der Waals surface area (Å²) in [5.41, 5.74) is 0.894. The maximum atomic E-state index is 13.3. The Morgan fingerprint density at radius 1 is 0.500 bits per heavy atom. The molecule has 220 valence electrons. The second-order valence-electron chi connectivity index (χ2n) is 9.81. The highest BCUT2D eigenvalue weighted by Crippen LogP contribution is 2.30. The van der Waals surface area contributed by atoms with Gasteiger partial charge in [0, 0.05) is 0 Å². The zero-order valence-electron chi connectivity index (χ0n) is 23.4. The van der Waals surface area contributed by atoms with Crippen LogP contribution in [0.3, 0.4) is 0 Å². The fraction of sp³-hybridized carbons (Fsp3) is 0.176. The second kappa shape index (κ2) is 14.3. The lowest BCUT2D eigenvalue weighted by molar-refractivity contribution is -0.209. The van der Waals surface area contributed by atoms with Crippen molar-refractivity contribution >= 4 is 31.7 Å². The highest BCUT2D eigenvalue weighted by molar-refractivity contribution is 6.11. The molecule has 9 nitrogen and oxygen atoms in total. The zero-order valence-corrected chi connectivity index (χ0v) is 23.4. The summed E-state index contributed by atoms with van der Waals surface area (Å²) in [6.07, 6.45) is -5.48. The molecule has 0 N–H and O–H groups in total. The topological polar surface area (TPSA) is 114 Å². The number of benzene rings is 4. The number of carbonyl (C=O) groups is 4. The Hall–Kier alpha value is -5.22. The zero-order chi connectivity index (χ0) is 30.9. The van der Waals surface area contributed by atoms with Crippen LogP contribution in [0.4, 0.5) is 0 Å². The average Bonchev–Trinajstić information content (AvgIpc) is 3.07. The largest absolute Gasteiger partial charge is 0.459 e. The van der Waals surface area contributed by atoms with E-state index in [1.807, 2.05) is 0 Å². The standard InChI is InChI=1S/C34H27BO9/c35-30-29(44-34(39)25-19-11-4-12-20-25)28(43-33(38)24-17-9-3-10-18-24)27(42-32(37)23-15-7-2-8-16-23)26(41-30)21-40-31(36)22-13-5-1-6-14-22/h1-20,26-30H,21H2/t26-,27-,28+,29-,30+/m1/s1. The minimum atomic E-state index is -1.45. The third kappa shape index (κ3) is 7.40. The number of esters is 4. The van der Waals surface area contributed by atoms with Crippen LogP contribution in [0, 0.1) is 0 Å². The molecule has 2 radical (unpaired) electrons. The van der Waals surface area contributed by atoms with Gasteiger partial charge in [-0.25, -0.2) is 19.2 Å². The fourth-order valence-electron chi connectivity index (χ4n) is 4.60. The molecule has 1 fully saturated rings. The van der Waals surface area contributed by atoms with Gasteiger partial charge in [-0.3, -0.25) is 0 Å². The molecule has 1 aliphatic rings. The van der Waals surface area contributed by atoms with Gasteiger partial charge < -0.3 is 23.7 Å². The molecular formula is C34H27BO9. The number of hydrogen-bond donors (Lipinski definition) is 0. The molecule has 4 aromatic carbocycles. The molecule has 10 heteroatoms. The molecular weight excluding hydrogens is 563 g/mol. The number of rotatable bonds is 9. The van der Waals surface area contributed by atoms with E-state index in [2.05, 4.69) is 0 Å². The van der Waals surface area contributed by atoms with Gasteiger partial charge >= 0.3 is 23.9 Å². The Kier molecular flexibility index (Phi) is 9.83. The van der Waals surface area contributed by atoms with Crippen LogP contribution >= 0.6 is 0 Å². The predicted molar refractivity (Wildman–Crippen MR) is 158 cm³/mol. The first-order valence-corrected chi connectivity index (χ1v) is 13.8. The molecule has 1 saturated heterocycles. The molecule has 0 saturated carbocycles. The molecule has 0 bridgehead atoms. The van der Waals surface area contributed by atoms with Crippen LogP contribution in [0.1, 0.15) is 41.4 Å². The summed E-state index contributed by atoms with van der Waals surface area (Å²) < 4.78 is 28.9. The molecule has 1 aliphatic heterocycles. The van der Waals surface area contributed by atoms with Crippen molar-refractivity contribution in [2.75, 3.05) is 6.61 Å². The van der Waals surface area contributed by atoms with E-state index < -0.39 is 60.9 Å². The van der Waals surface area contributed by atoms with E-state index in [9.17, 15) is 19.2 Å². The van der Waals surface area contributed by atoms with Crippen LogP contribution in [-0.2, 0) is 23.7 Å². The van der Waals surface area contributed by atoms with Crippen molar-refractivity contribution in [1.82, 2.24) is 0 Å². The van der Waals surface area contributed by atoms with Gasteiger partial charge in [-0.05, 0) is 48.5 Å². The van der Waals surface area contributed by atoms with E-state index in [0.29, 0.717) is 0 Å². The van der Waals surface area contributed by atoms with E-state index in [0.717, 1.165) is 0 Å². The van der Waals surface area contributed by atoms with Crippen molar-refractivity contribution in [2.24, 2.45) is 0 Å². The van der Waals surface area contributed by atoms with Crippen LogP contribution in [0.5, 0.6) is 0 Å². The van der Waals surface area contributed by atoms with Gasteiger partial charge in [0.15, 0.2) is 18.3 Å². The van der Waals surface area contributed by atoms with E-state index in [-0.39, 0.29) is 22.3 Å². The predicted octanol–water partition coefficient (Wildman–Crippen LogP) is 4.41. The van der Waals surface area contributed by atoms with E-state index >= 15 is 0 Å². The SMILES string of the molecule is [B][C@H]1O[C@H](COC(=O)c2ccccc2)[C@@H](OC(=O)c2ccccc2)[C@H](OC(=O)c2ccccc2)[C@H]1OC(=O)c1ccccc1. The minimum absolute atomic E-state index is 0.195. The first-order chi connectivity index (χ1) is 21.4. The van der Waals surface area contributed by atoms with Crippen LogP contribution in [0.25, 0.3) is 0 Å². The molecule has 0 amide bonds. The summed E-state index contributed by atoms with van der Waals surface area (Å²) in [4.78, 5) is 52.5.